The summed E-state index contributed by atoms with van der Waals surface area (Å²) in [5.41, 5.74) is 0.917. The number of hydrogen-bond donors (Lipinski definition) is 2. The zero-order valence-corrected chi connectivity index (χ0v) is 8.80. The summed E-state index contributed by atoms with van der Waals surface area (Å²) in [5.74, 6) is -2.53. The van der Waals surface area contributed by atoms with Gasteiger partial charge >= 0.3 is 11.9 Å². The third-order valence-electron chi connectivity index (χ3n) is 2.38. The van der Waals surface area contributed by atoms with Crippen LogP contribution in [0.5, 0.6) is 0 Å². The first kappa shape index (κ1) is 12.2. The van der Waals surface area contributed by atoms with Crippen LogP contribution in [0.2, 0.25) is 0 Å². The van der Waals surface area contributed by atoms with Crippen LogP contribution in [0.25, 0.3) is 0 Å². The average molecular weight is 222 g/mol. The molecule has 0 amide bonds. The molecule has 4 nitrogen and oxygen atoms in total. The Morgan fingerprint density at radius 1 is 1.12 bits per heavy atom. The molecule has 0 aliphatic rings. The minimum Gasteiger partial charge on any atom is -0.481 e. The third kappa shape index (κ3) is 4.13. The van der Waals surface area contributed by atoms with E-state index < -0.39 is 17.9 Å². The number of carbonyl (C=O) groups is 2. The van der Waals surface area contributed by atoms with Crippen molar-refractivity contribution in [2.45, 2.75) is 19.3 Å². The molecule has 2 N–H and O–H groups in total. The topological polar surface area (TPSA) is 74.6 Å². The summed E-state index contributed by atoms with van der Waals surface area (Å²) in [6.45, 7) is 0. The first-order valence-corrected chi connectivity index (χ1v) is 5.08. The Balaban J connectivity index is 2.58. The van der Waals surface area contributed by atoms with Crippen LogP contribution in [0.3, 0.4) is 0 Å². The summed E-state index contributed by atoms with van der Waals surface area (Å²) >= 11 is 0. The summed E-state index contributed by atoms with van der Waals surface area (Å²) in [4.78, 5) is 21.3. The fourth-order valence-electron chi connectivity index (χ4n) is 1.51. The Kier molecular flexibility index (Phi) is 4.51. The van der Waals surface area contributed by atoms with Gasteiger partial charge in [0.15, 0.2) is 0 Å². The maximum atomic E-state index is 10.9. The number of aliphatic carboxylic acids is 2. The number of rotatable bonds is 6. The first-order chi connectivity index (χ1) is 7.59. The Hall–Kier alpha value is -1.84. The molecule has 0 saturated heterocycles. The van der Waals surface area contributed by atoms with Gasteiger partial charge in [0.1, 0.15) is 0 Å². The number of benzene rings is 1. The standard InChI is InChI=1S/C12H14O4/c13-11(14)7-6-10(12(15)16)8-9-4-2-1-3-5-9/h1-5,10H,6-8H2,(H,13,14)(H,15,16)/t10-/m0/s1. The molecular weight excluding hydrogens is 208 g/mol. The van der Waals surface area contributed by atoms with E-state index in [-0.39, 0.29) is 12.8 Å². The van der Waals surface area contributed by atoms with Gasteiger partial charge in [-0.25, -0.2) is 0 Å². The Morgan fingerprint density at radius 3 is 2.25 bits per heavy atom. The quantitative estimate of drug-likeness (QED) is 0.769. The van der Waals surface area contributed by atoms with Crippen molar-refractivity contribution >= 4 is 11.9 Å². The summed E-state index contributed by atoms with van der Waals surface area (Å²) in [6.07, 6.45) is 0.437. The zero-order valence-electron chi connectivity index (χ0n) is 8.80. The lowest BCUT2D eigenvalue weighted by molar-refractivity contribution is -0.142. The normalized spacial score (nSPS) is 12.0. The van der Waals surface area contributed by atoms with E-state index in [2.05, 4.69) is 0 Å². The van der Waals surface area contributed by atoms with Crippen molar-refractivity contribution in [1.29, 1.82) is 0 Å². The van der Waals surface area contributed by atoms with Gasteiger partial charge in [0.05, 0.1) is 5.92 Å². The highest BCUT2D eigenvalue weighted by atomic mass is 16.4. The second kappa shape index (κ2) is 5.90. The van der Waals surface area contributed by atoms with Crippen molar-refractivity contribution in [3.05, 3.63) is 35.9 Å². The molecule has 0 unspecified atom stereocenters. The molecule has 0 spiro atoms. The molecule has 86 valence electrons. The minimum absolute atomic E-state index is 0.107. The molecule has 0 aliphatic heterocycles. The van der Waals surface area contributed by atoms with Crippen molar-refractivity contribution in [3.63, 3.8) is 0 Å². The highest BCUT2D eigenvalue weighted by Gasteiger charge is 2.18. The zero-order chi connectivity index (χ0) is 12.0. The van der Waals surface area contributed by atoms with E-state index >= 15 is 0 Å². The van der Waals surface area contributed by atoms with Crippen molar-refractivity contribution in [2.24, 2.45) is 5.92 Å². The van der Waals surface area contributed by atoms with Gasteiger partial charge in [0.2, 0.25) is 0 Å². The molecule has 0 fully saturated rings. The molecule has 0 heterocycles. The SMILES string of the molecule is O=C(O)CC[C@@H](Cc1ccccc1)C(=O)O. The van der Waals surface area contributed by atoms with E-state index in [0.29, 0.717) is 6.42 Å². The van der Waals surface area contributed by atoms with E-state index in [1.807, 2.05) is 30.3 Å². The summed E-state index contributed by atoms with van der Waals surface area (Å²) in [6, 6.07) is 9.22. The van der Waals surface area contributed by atoms with Crippen LogP contribution in [0.1, 0.15) is 18.4 Å². The molecule has 0 aromatic heterocycles. The number of carboxylic acid groups (broad SMARTS) is 2. The second-order valence-corrected chi connectivity index (χ2v) is 3.66. The Morgan fingerprint density at radius 2 is 1.75 bits per heavy atom. The maximum Gasteiger partial charge on any atom is 0.306 e. The van der Waals surface area contributed by atoms with Crippen LogP contribution >= 0.6 is 0 Å². The molecule has 4 heteroatoms. The monoisotopic (exact) mass is 222 g/mol. The van der Waals surface area contributed by atoms with E-state index in [4.69, 9.17) is 10.2 Å². The van der Waals surface area contributed by atoms with Gasteiger partial charge in [-0.1, -0.05) is 30.3 Å². The summed E-state index contributed by atoms with van der Waals surface area (Å²) in [7, 11) is 0. The molecule has 1 aromatic carbocycles. The molecule has 0 radical (unpaired) electrons. The van der Waals surface area contributed by atoms with E-state index in [9.17, 15) is 9.59 Å². The fourth-order valence-corrected chi connectivity index (χ4v) is 1.51. The highest BCUT2D eigenvalue weighted by Crippen LogP contribution is 2.14. The first-order valence-electron chi connectivity index (χ1n) is 5.08. The van der Waals surface area contributed by atoms with Gasteiger partial charge in [-0.15, -0.1) is 0 Å². The minimum atomic E-state index is -0.959. The largest absolute Gasteiger partial charge is 0.481 e. The fraction of sp³-hybridized carbons (Fsp3) is 0.333. The maximum absolute atomic E-state index is 10.9. The van der Waals surface area contributed by atoms with Crippen LogP contribution < -0.4 is 0 Å². The summed E-state index contributed by atoms with van der Waals surface area (Å²) in [5, 5.41) is 17.5. The van der Waals surface area contributed by atoms with Gasteiger partial charge < -0.3 is 10.2 Å². The van der Waals surface area contributed by atoms with E-state index in [0.717, 1.165) is 5.56 Å². The summed E-state index contributed by atoms with van der Waals surface area (Å²) < 4.78 is 0. The molecule has 1 rings (SSSR count). The second-order valence-electron chi connectivity index (χ2n) is 3.66. The van der Waals surface area contributed by atoms with Crippen LogP contribution in [-0.4, -0.2) is 22.2 Å². The number of carboxylic acids is 2. The van der Waals surface area contributed by atoms with Crippen molar-refractivity contribution < 1.29 is 19.8 Å². The lowest BCUT2D eigenvalue weighted by atomic mass is 9.95. The molecule has 0 saturated carbocycles. The molecule has 0 aliphatic carbocycles. The van der Waals surface area contributed by atoms with E-state index in [1.54, 1.807) is 0 Å². The van der Waals surface area contributed by atoms with Gasteiger partial charge in [0.25, 0.3) is 0 Å². The van der Waals surface area contributed by atoms with Crippen LogP contribution in [-0.2, 0) is 16.0 Å². The third-order valence-corrected chi connectivity index (χ3v) is 2.38. The van der Waals surface area contributed by atoms with Gasteiger partial charge in [-0.2, -0.15) is 0 Å². The molecule has 1 atom stereocenters. The molecule has 0 bridgehead atoms. The molecular formula is C12H14O4. The Labute approximate surface area is 93.5 Å². The smallest absolute Gasteiger partial charge is 0.306 e. The van der Waals surface area contributed by atoms with Crippen molar-refractivity contribution in [3.8, 4) is 0 Å². The lowest BCUT2D eigenvalue weighted by Crippen LogP contribution is -2.17. The van der Waals surface area contributed by atoms with Crippen molar-refractivity contribution in [2.75, 3.05) is 0 Å². The highest BCUT2D eigenvalue weighted by molar-refractivity contribution is 5.72. The molecule has 1 aromatic rings. The predicted octanol–water partition coefficient (Wildman–Crippen LogP) is 1.79. The number of hydrogen-bond acceptors (Lipinski definition) is 2. The van der Waals surface area contributed by atoms with Crippen LogP contribution in [0.4, 0.5) is 0 Å². The van der Waals surface area contributed by atoms with Gasteiger partial charge in [0, 0.05) is 6.42 Å². The van der Waals surface area contributed by atoms with Crippen LogP contribution in [0, 0.1) is 5.92 Å². The Bertz CT molecular complexity index is 359. The molecule has 16 heavy (non-hydrogen) atoms. The van der Waals surface area contributed by atoms with E-state index in [1.165, 1.54) is 0 Å². The van der Waals surface area contributed by atoms with Crippen LogP contribution in [0.15, 0.2) is 30.3 Å². The lowest BCUT2D eigenvalue weighted by Gasteiger charge is -2.10. The average Bonchev–Trinajstić information content (AvgIpc) is 2.25. The van der Waals surface area contributed by atoms with Gasteiger partial charge in [-0.05, 0) is 18.4 Å². The van der Waals surface area contributed by atoms with Gasteiger partial charge in [-0.3, -0.25) is 9.59 Å². The van der Waals surface area contributed by atoms with Crippen molar-refractivity contribution in [1.82, 2.24) is 0 Å². The predicted molar refractivity (Wildman–Crippen MR) is 58.1 cm³/mol.